The molecule has 1 saturated heterocycles. The smallest absolute Gasteiger partial charge is 0.254 e. The standard InChI is InChI=1S/C25H22F2N2O3/c26-22-10-9-20(16-23(22)27)25(31)29-13-11-28(12-14-29)24(30)19-7-4-8-21(15-19)32-17-18-5-2-1-3-6-18/h1-10,15-16H,11-14,17H2. The highest BCUT2D eigenvalue weighted by Gasteiger charge is 2.26. The van der Waals surface area contributed by atoms with Crippen LogP contribution in [0.15, 0.2) is 72.8 Å². The summed E-state index contributed by atoms with van der Waals surface area (Å²) in [4.78, 5) is 28.7. The van der Waals surface area contributed by atoms with Crippen molar-refractivity contribution in [2.24, 2.45) is 0 Å². The van der Waals surface area contributed by atoms with Gasteiger partial charge in [-0.25, -0.2) is 8.78 Å². The number of benzene rings is 3. The quantitative estimate of drug-likeness (QED) is 0.604. The third-order valence-corrected chi connectivity index (χ3v) is 5.35. The maximum Gasteiger partial charge on any atom is 0.254 e. The number of hydrogen-bond acceptors (Lipinski definition) is 3. The van der Waals surface area contributed by atoms with E-state index in [1.165, 1.54) is 11.0 Å². The van der Waals surface area contributed by atoms with E-state index >= 15 is 0 Å². The number of carbonyl (C=O) groups excluding carboxylic acids is 2. The highest BCUT2D eigenvalue weighted by Crippen LogP contribution is 2.18. The fourth-order valence-corrected chi connectivity index (χ4v) is 3.57. The van der Waals surface area contributed by atoms with Crippen molar-refractivity contribution < 1.29 is 23.1 Å². The molecule has 32 heavy (non-hydrogen) atoms. The van der Waals surface area contributed by atoms with Crippen LogP contribution in [0.5, 0.6) is 5.75 Å². The Morgan fingerprint density at radius 3 is 1.97 bits per heavy atom. The molecular formula is C25H22F2N2O3. The largest absolute Gasteiger partial charge is 0.489 e. The molecule has 0 N–H and O–H groups in total. The molecule has 2 amide bonds. The lowest BCUT2D eigenvalue weighted by Gasteiger charge is -2.35. The predicted octanol–water partition coefficient (Wildman–Crippen LogP) is 4.14. The SMILES string of the molecule is O=C(c1cccc(OCc2ccccc2)c1)N1CCN(C(=O)c2ccc(F)c(F)c2)CC1. The summed E-state index contributed by atoms with van der Waals surface area (Å²) in [6.07, 6.45) is 0. The summed E-state index contributed by atoms with van der Waals surface area (Å²) in [6.45, 7) is 1.73. The number of hydrogen-bond donors (Lipinski definition) is 0. The van der Waals surface area contributed by atoms with Crippen molar-refractivity contribution in [3.05, 3.63) is 101 Å². The number of rotatable bonds is 5. The number of ether oxygens (including phenoxy) is 1. The first-order valence-corrected chi connectivity index (χ1v) is 10.3. The van der Waals surface area contributed by atoms with E-state index in [0.717, 1.165) is 17.7 Å². The second-order valence-electron chi connectivity index (χ2n) is 7.52. The average Bonchev–Trinajstić information content (AvgIpc) is 2.84. The highest BCUT2D eigenvalue weighted by atomic mass is 19.2. The van der Waals surface area contributed by atoms with Crippen molar-refractivity contribution in [3.63, 3.8) is 0 Å². The Labute approximate surface area is 184 Å². The van der Waals surface area contributed by atoms with E-state index in [1.54, 1.807) is 29.2 Å². The molecule has 3 aromatic carbocycles. The lowest BCUT2D eigenvalue weighted by atomic mass is 10.1. The Balaban J connectivity index is 1.35. The Hall–Kier alpha value is -3.74. The molecule has 3 aromatic rings. The number of halogens is 2. The van der Waals surface area contributed by atoms with Crippen LogP contribution < -0.4 is 4.74 Å². The first-order valence-electron chi connectivity index (χ1n) is 10.3. The van der Waals surface area contributed by atoms with E-state index in [4.69, 9.17) is 4.74 Å². The van der Waals surface area contributed by atoms with Crippen LogP contribution in [0.2, 0.25) is 0 Å². The molecule has 7 heteroatoms. The van der Waals surface area contributed by atoms with Crippen molar-refractivity contribution in [1.82, 2.24) is 9.80 Å². The van der Waals surface area contributed by atoms with Crippen molar-refractivity contribution in [3.8, 4) is 5.75 Å². The topological polar surface area (TPSA) is 49.9 Å². The van der Waals surface area contributed by atoms with Gasteiger partial charge in [0, 0.05) is 37.3 Å². The number of amides is 2. The van der Waals surface area contributed by atoms with E-state index in [9.17, 15) is 18.4 Å². The van der Waals surface area contributed by atoms with E-state index < -0.39 is 11.6 Å². The highest BCUT2D eigenvalue weighted by molar-refractivity contribution is 5.96. The Morgan fingerprint density at radius 1 is 0.719 bits per heavy atom. The molecule has 1 fully saturated rings. The molecule has 4 rings (SSSR count). The Morgan fingerprint density at radius 2 is 1.34 bits per heavy atom. The van der Waals surface area contributed by atoms with Crippen LogP contribution in [0.4, 0.5) is 8.78 Å². The molecule has 0 saturated carbocycles. The normalized spacial score (nSPS) is 13.7. The molecule has 0 aliphatic carbocycles. The minimum Gasteiger partial charge on any atom is -0.489 e. The van der Waals surface area contributed by atoms with Crippen LogP contribution in [0.25, 0.3) is 0 Å². The molecule has 1 aliphatic heterocycles. The summed E-state index contributed by atoms with van der Waals surface area (Å²) >= 11 is 0. The Bertz CT molecular complexity index is 1110. The number of piperazine rings is 1. The summed E-state index contributed by atoms with van der Waals surface area (Å²) in [5.41, 5.74) is 1.63. The fraction of sp³-hybridized carbons (Fsp3) is 0.200. The van der Waals surface area contributed by atoms with E-state index in [0.29, 0.717) is 44.1 Å². The third-order valence-electron chi connectivity index (χ3n) is 5.35. The van der Waals surface area contributed by atoms with E-state index in [2.05, 4.69) is 0 Å². The molecule has 0 unspecified atom stereocenters. The Kier molecular flexibility index (Phi) is 6.44. The van der Waals surface area contributed by atoms with Crippen LogP contribution in [0, 0.1) is 11.6 Å². The van der Waals surface area contributed by atoms with Gasteiger partial charge in [-0.1, -0.05) is 36.4 Å². The first kappa shape index (κ1) is 21.5. The van der Waals surface area contributed by atoms with Gasteiger partial charge in [-0.3, -0.25) is 9.59 Å². The number of carbonyl (C=O) groups is 2. The third kappa shape index (κ3) is 4.94. The molecule has 0 bridgehead atoms. The zero-order valence-electron chi connectivity index (χ0n) is 17.3. The number of nitrogens with zero attached hydrogens (tertiary/aromatic N) is 2. The van der Waals surface area contributed by atoms with Gasteiger partial charge >= 0.3 is 0 Å². The fourth-order valence-electron chi connectivity index (χ4n) is 3.57. The molecule has 164 valence electrons. The van der Waals surface area contributed by atoms with Gasteiger partial charge in [0.25, 0.3) is 11.8 Å². The summed E-state index contributed by atoms with van der Waals surface area (Å²) in [6, 6.07) is 19.9. The minimum atomic E-state index is -1.06. The van der Waals surface area contributed by atoms with Crippen LogP contribution >= 0.6 is 0 Å². The van der Waals surface area contributed by atoms with Crippen molar-refractivity contribution in [2.45, 2.75) is 6.61 Å². The lowest BCUT2D eigenvalue weighted by molar-refractivity contribution is 0.0535. The predicted molar refractivity (Wildman–Crippen MR) is 115 cm³/mol. The van der Waals surface area contributed by atoms with Crippen LogP contribution in [0.1, 0.15) is 26.3 Å². The molecule has 0 aromatic heterocycles. The van der Waals surface area contributed by atoms with Crippen molar-refractivity contribution in [2.75, 3.05) is 26.2 Å². The molecule has 0 atom stereocenters. The van der Waals surface area contributed by atoms with Crippen LogP contribution in [-0.2, 0) is 6.61 Å². The summed E-state index contributed by atoms with van der Waals surface area (Å²) in [7, 11) is 0. The van der Waals surface area contributed by atoms with Gasteiger partial charge < -0.3 is 14.5 Å². The maximum atomic E-state index is 13.4. The van der Waals surface area contributed by atoms with Gasteiger partial charge in [0.05, 0.1) is 0 Å². The summed E-state index contributed by atoms with van der Waals surface area (Å²) < 4.78 is 32.4. The minimum absolute atomic E-state index is 0.0898. The molecule has 1 aliphatic rings. The van der Waals surface area contributed by atoms with Crippen molar-refractivity contribution >= 4 is 11.8 Å². The molecule has 5 nitrogen and oxygen atoms in total. The van der Waals surface area contributed by atoms with E-state index in [-0.39, 0.29) is 17.4 Å². The second-order valence-corrected chi connectivity index (χ2v) is 7.52. The molecular weight excluding hydrogens is 414 g/mol. The van der Waals surface area contributed by atoms with Gasteiger partial charge in [-0.05, 0) is 42.0 Å². The summed E-state index contributed by atoms with van der Waals surface area (Å²) in [5, 5.41) is 0. The van der Waals surface area contributed by atoms with Gasteiger partial charge in [0.2, 0.25) is 0 Å². The van der Waals surface area contributed by atoms with Gasteiger partial charge in [-0.2, -0.15) is 0 Å². The van der Waals surface area contributed by atoms with Gasteiger partial charge in [-0.15, -0.1) is 0 Å². The zero-order valence-corrected chi connectivity index (χ0v) is 17.3. The van der Waals surface area contributed by atoms with Crippen LogP contribution in [0.3, 0.4) is 0 Å². The van der Waals surface area contributed by atoms with Gasteiger partial charge in [0.15, 0.2) is 11.6 Å². The van der Waals surface area contributed by atoms with Crippen LogP contribution in [-0.4, -0.2) is 47.8 Å². The average molecular weight is 436 g/mol. The molecule has 0 radical (unpaired) electrons. The lowest BCUT2D eigenvalue weighted by Crippen LogP contribution is -2.50. The molecule has 1 heterocycles. The van der Waals surface area contributed by atoms with E-state index in [1.807, 2.05) is 30.3 Å². The first-order chi connectivity index (χ1) is 15.5. The monoisotopic (exact) mass is 436 g/mol. The molecule has 0 spiro atoms. The summed E-state index contributed by atoms with van der Waals surface area (Å²) in [5.74, 6) is -1.97. The zero-order chi connectivity index (χ0) is 22.5. The van der Waals surface area contributed by atoms with Gasteiger partial charge in [0.1, 0.15) is 12.4 Å². The second kappa shape index (κ2) is 9.60. The maximum absolute atomic E-state index is 13.4. The van der Waals surface area contributed by atoms with Crippen molar-refractivity contribution in [1.29, 1.82) is 0 Å².